The molecular weight excluding hydrogens is 390 g/mol. The van der Waals surface area contributed by atoms with Crippen molar-refractivity contribution in [3.8, 4) is 0 Å². The number of rotatable bonds is 7. The summed E-state index contributed by atoms with van der Waals surface area (Å²) < 4.78 is 5.61. The maximum atomic E-state index is 12.2. The predicted molar refractivity (Wildman–Crippen MR) is 117 cm³/mol. The van der Waals surface area contributed by atoms with Gasteiger partial charge in [0.1, 0.15) is 0 Å². The van der Waals surface area contributed by atoms with E-state index in [0.29, 0.717) is 10.1 Å². The Labute approximate surface area is 174 Å². The van der Waals surface area contributed by atoms with E-state index < -0.39 is 5.97 Å². The van der Waals surface area contributed by atoms with Gasteiger partial charge in [-0.05, 0) is 42.2 Å². The van der Waals surface area contributed by atoms with Crippen LogP contribution in [0, 0.1) is 0 Å². The van der Waals surface area contributed by atoms with Gasteiger partial charge in [-0.25, -0.2) is 4.79 Å². The van der Waals surface area contributed by atoms with Crippen LogP contribution in [0.3, 0.4) is 0 Å². The normalized spacial score (nSPS) is 15.2. The van der Waals surface area contributed by atoms with Crippen molar-refractivity contribution in [3.63, 3.8) is 0 Å². The van der Waals surface area contributed by atoms with E-state index in [2.05, 4.69) is 24.4 Å². The molecule has 1 saturated heterocycles. The first-order valence-corrected chi connectivity index (χ1v) is 11.5. The number of amides is 1. The van der Waals surface area contributed by atoms with E-state index in [4.69, 9.17) is 4.74 Å². The number of esters is 1. The van der Waals surface area contributed by atoms with Crippen LogP contribution in [0.25, 0.3) is 0 Å². The molecular formula is C22H25NO3S2. The molecule has 2 aromatic rings. The number of ether oxygens (including phenoxy) is 1. The highest BCUT2D eigenvalue weighted by atomic mass is 32.2. The van der Waals surface area contributed by atoms with E-state index >= 15 is 0 Å². The van der Waals surface area contributed by atoms with Crippen LogP contribution >= 0.6 is 23.5 Å². The van der Waals surface area contributed by atoms with Gasteiger partial charge >= 0.3 is 5.97 Å². The molecule has 1 fully saturated rings. The molecule has 1 N–H and O–H groups in total. The number of hydrogen-bond acceptors (Lipinski definition) is 5. The fourth-order valence-corrected chi connectivity index (χ4v) is 5.81. The lowest BCUT2D eigenvalue weighted by Crippen LogP contribution is -2.31. The van der Waals surface area contributed by atoms with Crippen LogP contribution in [0.2, 0.25) is 0 Å². The molecule has 3 rings (SSSR count). The van der Waals surface area contributed by atoms with E-state index in [-0.39, 0.29) is 18.6 Å². The van der Waals surface area contributed by atoms with Crippen LogP contribution in [0.5, 0.6) is 0 Å². The molecule has 0 radical (unpaired) electrons. The molecule has 0 saturated carbocycles. The second kappa shape index (κ2) is 10.0. The van der Waals surface area contributed by atoms with Crippen molar-refractivity contribution in [2.75, 3.05) is 18.1 Å². The highest BCUT2D eigenvalue weighted by Crippen LogP contribution is 2.45. The van der Waals surface area contributed by atoms with Crippen molar-refractivity contribution in [3.05, 3.63) is 70.8 Å². The van der Waals surface area contributed by atoms with Gasteiger partial charge in [0.15, 0.2) is 6.61 Å². The van der Waals surface area contributed by atoms with Gasteiger partial charge in [-0.15, -0.1) is 23.5 Å². The Hall–Kier alpha value is -1.92. The second-order valence-electron chi connectivity index (χ2n) is 6.66. The summed E-state index contributed by atoms with van der Waals surface area (Å²) in [5.41, 5.74) is 3.96. The van der Waals surface area contributed by atoms with E-state index in [0.717, 1.165) is 23.5 Å². The Morgan fingerprint density at radius 2 is 1.71 bits per heavy atom. The number of carbonyl (C=O) groups excluding carboxylic acids is 2. The van der Waals surface area contributed by atoms with Crippen LogP contribution in [-0.4, -0.2) is 30.0 Å². The third-order valence-corrected chi connectivity index (χ3v) is 7.74. The molecule has 1 heterocycles. The first-order valence-electron chi connectivity index (χ1n) is 9.45. The topological polar surface area (TPSA) is 55.4 Å². The maximum absolute atomic E-state index is 12.2. The molecule has 1 atom stereocenters. The molecule has 2 aromatic carbocycles. The Balaban J connectivity index is 1.47. The zero-order chi connectivity index (χ0) is 19.9. The molecule has 0 aliphatic carbocycles. The molecule has 4 nitrogen and oxygen atoms in total. The molecule has 0 aromatic heterocycles. The molecule has 1 aliphatic rings. The Kier molecular flexibility index (Phi) is 7.45. The largest absolute Gasteiger partial charge is 0.452 e. The molecule has 1 amide bonds. The van der Waals surface area contributed by atoms with Gasteiger partial charge < -0.3 is 10.1 Å². The van der Waals surface area contributed by atoms with Crippen LogP contribution in [0.4, 0.5) is 0 Å². The minimum absolute atomic E-state index is 0.141. The molecule has 0 unspecified atom stereocenters. The van der Waals surface area contributed by atoms with E-state index in [9.17, 15) is 9.59 Å². The lowest BCUT2D eigenvalue weighted by atomic mass is 10.1. The quantitative estimate of drug-likeness (QED) is 0.661. The fourth-order valence-electron chi connectivity index (χ4n) is 2.95. The van der Waals surface area contributed by atoms with E-state index in [1.54, 1.807) is 12.1 Å². The summed E-state index contributed by atoms with van der Waals surface area (Å²) in [5, 5.41) is 2.87. The molecule has 0 bridgehead atoms. The van der Waals surface area contributed by atoms with E-state index in [1.165, 1.54) is 11.1 Å². The Morgan fingerprint density at radius 3 is 2.32 bits per heavy atom. The third-order valence-electron chi connectivity index (χ3n) is 4.64. The van der Waals surface area contributed by atoms with Gasteiger partial charge in [0.05, 0.1) is 16.2 Å². The van der Waals surface area contributed by atoms with Crippen molar-refractivity contribution in [2.24, 2.45) is 0 Å². The maximum Gasteiger partial charge on any atom is 0.338 e. The summed E-state index contributed by atoms with van der Waals surface area (Å²) in [6, 6.07) is 15.5. The number of aryl methyl sites for hydroxylation is 1. The zero-order valence-electron chi connectivity index (χ0n) is 16.1. The van der Waals surface area contributed by atoms with E-state index in [1.807, 2.05) is 54.7 Å². The lowest BCUT2D eigenvalue weighted by Gasteiger charge is -2.15. The van der Waals surface area contributed by atoms with Gasteiger partial charge in [0, 0.05) is 11.5 Å². The minimum Gasteiger partial charge on any atom is -0.452 e. The SMILES string of the molecule is CCc1ccc([C@@H](C)NC(=O)COC(=O)c2ccc(C3SCCS3)cc2)cc1. The summed E-state index contributed by atoms with van der Waals surface area (Å²) in [4.78, 5) is 24.3. The summed E-state index contributed by atoms with van der Waals surface area (Å²) in [7, 11) is 0. The number of nitrogens with one attached hydrogen (secondary N) is 1. The summed E-state index contributed by atoms with van der Waals surface area (Å²) >= 11 is 3.85. The summed E-state index contributed by atoms with van der Waals surface area (Å²) in [5.74, 6) is 1.54. The smallest absolute Gasteiger partial charge is 0.338 e. The van der Waals surface area contributed by atoms with Crippen LogP contribution in [0.1, 0.15) is 51.5 Å². The standard InChI is InChI=1S/C22H25NO3S2/c1-3-16-4-6-17(7-5-16)15(2)23-20(24)14-26-21(25)18-8-10-19(11-9-18)22-27-12-13-28-22/h4-11,15,22H,3,12-14H2,1-2H3,(H,23,24)/t15-/m1/s1. The predicted octanol–water partition coefficient (Wildman–Crippen LogP) is 4.76. The molecule has 148 valence electrons. The average molecular weight is 416 g/mol. The average Bonchev–Trinajstić information content (AvgIpc) is 3.27. The number of carbonyl (C=O) groups is 2. The van der Waals surface area contributed by atoms with Gasteiger partial charge in [0.2, 0.25) is 0 Å². The van der Waals surface area contributed by atoms with Crippen molar-refractivity contribution in [2.45, 2.75) is 30.9 Å². The van der Waals surface area contributed by atoms with Crippen molar-refractivity contribution < 1.29 is 14.3 Å². The van der Waals surface area contributed by atoms with Gasteiger partial charge in [-0.2, -0.15) is 0 Å². The zero-order valence-corrected chi connectivity index (χ0v) is 17.8. The van der Waals surface area contributed by atoms with Gasteiger partial charge in [0.25, 0.3) is 5.91 Å². The Morgan fingerprint density at radius 1 is 1.07 bits per heavy atom. The number of benzene rings is 2. The summed E-state index contributed by atoms with van der Waals surface area (Å²) in [6.07, 6.45) is 0.982. The van der Waals surface area contributed by atoms with Crippen molar-refractivity contribution in [1.82, 2.24) is 5.32 Å². The summed E-state index contributed by atoms with van der Waals surface area (Å²) in [6.45, 7) is 3.74. The minimum atomic E-state index is -0.478. The third kappa shape index (κ3) is 5.55. The number of hydrogen-bond donors (Lipinski definition) is 1. The fraction of sp³-hybridized carbons (Fsp3) is 0.364. The van der Waals surface area contributed by atoms with Crippen LogP contribution in [0.15, 0.2) is 48.5 Å². The first kappa shape index (κ1) is 20.8. The van der Waals surface area contributed by atoms with Gasteiger partial charge in [-0.1, -0.05) is 43.3 Å². The van der Waals surface area contributed by atoms with Gasteiger partial charge in [-0.3, -0.25) is 4.79 Å². The van der Waals surface area contributed by atoms with Crippen LogP contribution in [-0.2, 0) is 16.0 Å². The first-order chi connectivity index (χ1) is 13.6. The number of thioether (sulfide) groups is 2. The highest BCUT2D eigenvalue weighted by Gasteiger charge is 2.19. The molecule has 1 aliphatic heterocycles. The highest BCUT2D eigenvalue weighted by molar-refractivity contribution is 8.19. The second-order valence-corrected chi connectivity index (χ2v) is 9.38. The van der Waals surface area contributed by atoms with Crippen molar-refractivity contribution >= 4 is 35.4 Å². The molecule has 28 heavy (non-hydrogen) atoms. The van der Waals surface area contributed by atoms with Crippen molar-refractivity contribution in [1.29, 1.82) is 0 Å². The van der Waals surface area contributed by atoms with Crippen LogP contribution < -0.4 is 5.32 Å². The molecule has 0 spiro atoms. The Bertz CT molecular complexity index is 800. The lowest BCUT2D eigenvalue weighted by molar-refractivity contribution is -0.124. The molecule has 6 heteroatoms. The monoisotopic (exact) mass is 415 g/mol.